The van der Waals surface area contributed by atoms with E-state index in [9.17, 15) is 28.6 Å². The third-order valence-corrected chi connectivity index (χ3v) is 3.55. The molecule has 0 aliphatic rings. The molecular formula is C6H11O9P2-3. The van der Waals surface area contributed by atoms with Crippen molar-refractivity contribution in [3.63, 3.8) is 0 Å². The average molecular weight is 289 g/mol. The van der Waals surface area contributed by atoms with Crippen LogP contribution in [0.3, 0.4) is 0 Å². The number of rotatable bonds is 8. The van der Waals surface area contributed by atoms with Crippen molar-refractivity contribution >= 4 is 21.6 Å². The van der Waals surface area contributed by atoms with E-state index in [1.807, 2.05) is 0 Å². The number of carbonyl (C=O) groups is 1. The lowest BCUT2D eigenvalue weighted by Gasteiger charge is -2.35. The Morgan fingerprint density at radius 3 is 2.24 bits per heavy atom. The minimum atomic E-state index is -5.64. The van der Waals surface area contributed by atoms with E-state index in [0.29, 0.717) is 6.42 Å². The number of ether oxygens (including phenoxy) is 1. The first-order valence-corrected chi connectivity index (χ1v) is 7.34. The number of phosphoric ester groups is 1. The van der Waals surface area contributed by atoms with Gasteiger partial charge in [0.2, 0.25) is 0 Å². The largest absolute Gasteiger partial charge is 0.790 e. The lowest BCUT2D eigenvalue weighted by Crippen LogP contribution is -2.19. The molecule has 0 fully saturated rings. The van der Waals surface area contributed by atoms with Crippen LogP contribution in [0.5, 0.6) is 0 Å². The second kappa shape index (κ2) is 7.23. The Morgan fingerprint density at radius 1 is 1.18 bits per heavy atom. The highest BCUT2D eigenvalue weighted by Crippen LogP contribution is 2.50. The van der Waals surface area contributed by atoms with Crippen LogP contribution in [0.2, 0.25) is 0 Å². The van der Waals surface area contributed by atoms with Gasteiger partial charge >= 0.3 is 5.97 Å². The maximum Gasteiger partial charge on any atom is 0.305 e. The molecule has 0 bridgehead atoms. The molecular weight excluding hydrogens is 278 g/mol. The van der Waals surface area contributed by atoms with Gasteiger partial charge in [-0.25, -0.2) is 0 Å². The molecule has 0 saturated heterocycles. The maximum absolute atomic E-state index is 10.7. The predicted molar refractivity (Wildman–Crippen MR) is 48.1 cm³/mol. The van der Waals surface area contributed by atoms with Gasteiger partial charge in [-0.3, -0.25) is 13.7 Å². The molecule has 0 spiro atoms. The molecule has 9 nitrogen and oxygen atoms in total. The van der Waals surface area contributed by atoms with E-state index in [2.05, 4.69) is 13.6 Å². The van der Waals surface area contributed by atoms with Gasteiger partial charge in [0.05, 0.1) is 21.5 Å². The first-order chi connectivity index (χ1) is 7.66. The first kappa shape index (κ1) is 16.7. The third kappa shape index (κ3) is 10.6. The van der Waals surface area contributed by atoms with E-state index >= 15 is 0 Å². The molecule has 11 heteroatoms. The summed E-state index contributed by atoms with van der Waals surface area (Å²) in [4.78, 5) is 41.4. The fraction of sp³-hybridized carbons (Fsp3) is 0.833. The maximum atomic E-state index is 10.7. The molecule has 0 aliphatic heterocycles. The molecule has 17 heavy (non-hydrogen) atoms. The Morgan fingerprint density at radius 2 is 1.76 bits per heavy atom. The summed E-state index contributed by atoms with van der Waals surface area (Å²) in [5.74, 6) is -0.463. The van der Waals surface area contributed by atoms with Gasteiger partial charge < -0.3 is 28.5 Å². The summed E-state index contributed by atoms with van der Waals surface area (Å²) >= 11 is 0. The van der Waals surface area contributed by atoms with Crippen LogP contribution in [-0.4, -0.2) is 19.7 Å². The molecule has 0 heterocycles. The molecule has 0 aromatic rings. The molecule has 0 N–H and O–H groups in total. The summed E-state index contributed by atoms with van der Waals surface area (Å²) in [5, 5.41) is 0. The van der Waals surface area contributed by atoms with Crippen LogP contribution < -0.4 is 14.7 Å². The van der Waals surface area contributed by atoms with Gasteiger partial charge in [0.15, 0.2) is 0 Å². The van der Waals surface area contributed by atoms with Crippen LogP contribution in [-0.2, 0) is 27.5 Å². The Bertz CT molecular complexity index is 334. The number of esters is 1. The second-order valence-electron chi connectivity index (χ2n) is 2.84. The summed E-state index contributed by atoms with van der Waals surface area (Å²) < 4.78 is 32.3. The number of hydrogen-bond donors (Lipinski definition) is 0. The van der Waals surface area contributed by atoms with Gasteiger partial charge in [0.1, 0.15) is 0 Å². The van der Waals surface area contributed by atoms with Crippen molar-refractivity contribution in [3.05, 3.63) is 0 Å². The first-order valence-electron chi connectivity index (χ1n) is 4.42. The van der Waals surface area contributed by atoms with Crippen molar-refractivity contribution < 1.29 is 42.2 Å². The van der Waals surface area contributed by atoms with Gasteiger partial charge in [-0.15, -0.1) is 0 Å². The zero-order chi connectivity index (χ0) is 13.5. The van der Waals surface area contributed by atoms with Gasteiger partial charge in [-0.05, 0) is 12.8 Å². The van der Waals surface area contributed by atoms with Crippen LogP contribution in [0.15, 0.2) is 0 Å². The number of hydrogen-bond acceptors (Lipinski definition) is 9. The van der Waals surface area contributed by atoms with Crippen molar-refractivity contribution in [3.8, 4) is 0 Å². The summed E-state index contributed by atoms with van der Waals surface area (Å²) in [7, 11) is -9.57. The topological polar surface area (TPSA) is 148 Å². The van der Waals surface area contributed by atoms with Gasteiger partial charge in [0.25, 0.3) is 7.82 Å². The fourth-order valence-electron chi connectivity index (χ4n) is 0.796. The summed E-state index contributed by atoms with van der Waals surface area (Å²) in [5.41, 5.74) is 0. The number of unbranched alkanes of at least 4 members (excludes halogenated alkanes) is 1. The number of phosphoric acid groups is 2. The van der Waals surface area contributed by atoms with Crippen LogP contribution in [0.4, 0.5) is 0 Å². The van der Waals surface area contributed by atoms with Crippen molar-refractivity contribution in [2.75, 3.05) is 13.7 Å². The molecule has 0 aromatic carbocycles. The second-order valence-corrected chi connectivity index (χ2v) is 5.54. The van der Waals surface area contributed by atoms with Crippen molar-refractivity contribution in [1.82, 2.24) is 0 Å². The Labute approximate surface area is 97.5 Å². The molecule has 0 rings (SSSR count). The highest BCUT2D eigenvalue weighted by Gasteiger charge is 2.11. The summed E-state index contributed by atoms with van der Waals surface area (Å²) in [6, 6.07) is 0. The standard InChI is InChI=1S/C6H14O9P2/c1-13-6(7)4-2-3-5-14-17(11,12)15-16(8,9)10/h2-5H2,1H3,(H,11,12)(H2,8,9,10)/p-3. The summed E-state index contributed by atoms with van der Waals surface area (Å²) in [6.45, 7) is -0.391. The molecule has 0 radical (unpaired) electrons. The minimum absolute atomic E-state index is 0.0749. The molecule has 1 atom stereocenters. The van der Waals surface area contributed by atoms with E-state index in [4.69, 9.17) is 0 Å². The lowest BCUT2D eigenvalue weighted by atomic mass is 10.2. The monoisotopic (exact) mass is 289 g/mol. The van der Waals surface area contributed by atoms with Crippen LogP contribution in [0.1, 0.15) is 19.3 Å². The average Bonchev–Trinajstić information content (AvgIpc) is 2.12. The van der Waals surface area contributed by atoms with E-state index in [0.717, 1.165) is 0 Å². The normalized spacial score (nSPS) is 15.3. The Hall–Kier alpha value is -0.270. The fourth-order valence-corrected chi connectivity index (χ4v) is 2.32. The molecule has 0 saturated carbocycles. The zero-order valence-electron chi connectivity index (χ0n) is 8.90. The van der Waals surface area contributed by atoms with E-state index in [-0.39, 0.29) is 12.8 Å². The Balaban J connectivity index is 3.77. The van der Waals surface area contributed by atoms with Crippen LogP contribution in [0.25, 0.3) is 0 Å². The quantitative estimate of drug-likeness (QED) is 0.300. The van der Waals surface area contributed by atoms with Crippen LogP contribution >= 0.6 is 15.6 Å². The van der Waals surface area contributed by atoms with Gasteiger partial charge in [0, 0.05) is 6.42 Å². The SMILES string of the molecule is COC(=O)CCCCOP(=O)([O-])OP(=O)([O-])[O-]. The predicted octanol–water partition coefficient (Wildman–Crippen LogP) is -1.34. The van der Waals surface area contributed by atoms with Crippen molar-refractivity contribution in [2.24, 2.45) is 0 Å². The van der Waals surface area contributed by atoms with Crippen molar-refractivity contribution in [2.45, 2.75) is 19.3 Å². The smallest absolute Gasteiger partial charge is 0.305 e. The minimum Gasteiger partial charge on any atom is -0.790 e. The summed E-state index contributed by atoms with van der Waals surface area (Å²) in [6.07, 6.45) is 0.525. The van der Waals surface area contributed by atoms with E-state index in [1.165, 1.54) is 7.11 Å². The highest BCUT2D eigenvalue weighted by atomic mass is 31.3. The zero-order valence-corrected chi connectivity index (χ0v) is 10.7. The lowest BCUT2D eigenvalue weighted by molar-refractivity contribution is -0.339. The molecule has 1 unspecified atom stereocenters. The van der Waals surface area contributed by atoms with E-state index < -0.39 is 28.2 Å². The molecule has 0 aliphatic carbocycles. The van der Waals surface area contributed by atoms with E-state index in [1.54, 1.807) is 0 Å². The van der Waals surface area contributed by atoms with Crippen molar-refractivity contribution in [1.29, 1.82) is 0 Å². The number of carbonyl (C=O) groups excluding carboxylic acids is 1. The molecule has 0 aromatic heterocycles. The van der Waals surface area contributed by atoms with Gasteiger partial charge in [-0.2, -0.15) is 0 Å². The Kier molecular flexibility index (Phi) is 7.11. The number of methoxy groups -OCH3 is 1. The van der Waals surface area contributed by atoms with Crippen LogP contribution in [0, 0.1) is 0 Å². The molecule has 102 valence electrons. The van der Waals surface area contributed by atoms with Gasteiger partial charge in [-0.1, -0.05) is 0 Å². The highest BCUT2D eigenvalue weighted by molar-refractivity contribution is 7.58. The molecule has 0 amide bonds. The third-order valence-electron chi connectivity index (χ3n) is 1.45.